The lowest BCUT2D eigenvalue weighted by molar-refractivity contribution is -0.142. The minimum Gasteiger partial charge on any atom is -0.496 e. The quantitative estimate of drug-likeness (QED) is 0.882. The zero-order valence-electron chi connectivity index (χ0n) is 11.0. The van der Waals surface area contributed by atoms with E-state index in [4.69, 9.17) is 15.6 Å². The van der Waals surface area contributed by atoms with E-state index in [9.17, 15) is 4.79 Å². The Labute approximate surface area is 111 Å². The number of fused-ring (bicyclic) bond motifs is 1. The van der Waals surface area contributed by atoms with Gasteiger partial charge < -0.3 is 15.6 Å². The van der Waals surface area contributed by atoms with Gasteiger partial charge in [-0.1, -0.05) is 30.3 Å². The van der Waals surface area contributed by atoms with Crippen molar-refractivity contribution in [1.82, 2.24) is 0 Å². The molecule has 0 saturated carbocycles. The third kappa shape index (κ3) is 2.53. The maximum atomic E-state index is 11.1. The Morgan fingerprint density at radius 3 is 2.47 bits per heavy atom. The molecule has 3 N–H and O–H groups in total. The van der Waals surface area contributed by atoms with E-state index < -0.39 is 11.5 Å². The molecule has 0 fully saturated rings. The Morgan fingerprint density at radius 1 is 1.26 bits per heavy atom. The van der Waals surface area contributed by atoms with E-state index in [-0.39, 0.29) is 6.42 Å². The molecule has 1 atom stereocenters. The molecule has 0 aromatic heterocycles. The predicted octanol–water partition coefficient (Wildman–Crippen LogP) is 2.19. The second-order valence-corrected chi connectivity index (χ2v) is 4.87. The molecule has 0 aliphatic carbocycles. The highest BCUT2D eigenvalue weighted by Crippen LogP contribution is 2.29. The predicted molar refractivity (Wildman–Crippen MR) is 74.4 cm³/mol. The Kier molecular flexibility index (Phi) is 3.44. The van der Waals surface area contributed by atoms with Crippen LogP contribution in [-0.4, -0.2) is 23.7 Å². The second kappa shape index (κ2) is 4.90. The summed E-state index contributed by atoms with van der Waals surface area (Å²) in [5, 5.41) is 11.1. The summed E-state index contributed by atoms with van der Waals surface area (Å²) < 4.78 is 5.31. The van der Waals surface area contributed by atoms with Gasteiger partial charge in [0.25, 0.3) is 0 Å². The van der Waals surface area contributed by atoms with Crippen LogP contribution in [0.4, 0.5) is 0 Å². The van der Waals surface area contributed by atoms with Gasteiger partial charge in [0.2, 0.25) is 0 Å². The van der Waals surface area contributed by atoms with Crippen LogP contribution in [0.15, 0.2) is 36.4 Å². The maximum Gasteiger partial charge on any atom is 0.323 e. The fourth-order valence-corrected chi connectivity index (χ4v) is 2.14. The zero-order chi connectivity index (χ0) is 14.0. The van der Waals surface area contributed by atoms with Crippen molar-refractivity contribution in [3.05, 3.63) is 42.0 Å². The number of hydrogen-bond acceptors (Lipinski definition) is 3. The molecule has 4 heteroatoms. The van der Waals surface area contributed by atoms with Crippen LogP contribution >= 0.6 is 0 Å². The molecule has 100 valence electrons. The van der Waals surface area contributed by atoms with Gasteiger partial charge in [0.15, 0.2) is 0 Å². The molecule has 0 heterocycles. The van der Waals surface area contributed by atoms with Gasteiger partial charge in [-0.3, -0.25) is 4.79 Å². The molecule has 2 aromatic rings. The number of hydrogen-bond donors (Lipinski definition) is 2. The van der Waals surface area contributed by atoms with E-state index in [1.807, 2.05) is 36.4 Å². The van der Waals surface area contributed by atoms with Gasteiger partial charge in [-0.05, 0) is 23.9 Å². The first kappa shape index (κ1) is 13.4. The van der Waals surface area contributed by atoms with E-state index >= 15 is 0 Å². The highest BCUT2D eigenvalue weighted by molar-refractivity contribution is 5.92. The topological polar surface area (TPSA) is 72.5 Å². The summed E-state index contributed by atoms with van der Waals surface area (Å²) in [6.07, 6.45) is 0.271. The molecular formula is C15H17NO3. The van der Waals surface area contributed by atoms with Gasteiger partial charge in [-0.25, -0.2) is 0 Å². The molecule has 2 aromatic carbocycles. The molecule has 0 bridgehead atoms. The largest absolute Gasteiger partial charge is 0.496 e. The number of nitrogens with two attached hydrogens (primary N) is 1. The summed E-state index contributed by atoms with van der Waals surface area (Å²) in [6, 6.07) is 11.5. The van der Waals surface area contributed by atoms with E-state index in [0.29, 0.717) is 0 Å². The van der Waals surface area contributed by atoms with Crippen LogP contribution in [0, 0.1) is 0 Å². The summed E-state index contributed by atoms with van der Waals surface area (Å²) in [5.74, 6) is -0.235. The highest BCUT2D eigenvalue weighted by atomic mass is 16.5. The molecular weight excluding hydrogens is 242 g/mol. The Morgan fingerprint density at radius 2 is 1.89 bits per heavy atom. The summed E-state index contributed by atoms with van der Waals surface area (Å²) in [4.78, 5) is 11.1. The van der Waals surface area contributed by atoms with Gasteiger partial charge in [-0.15, -0.1) is 0 Å². The van der Waals surface area contributed by atoms with Crippen LogP contribution in [0.1, 0.15) is 12.5 Å². The number of aliphatic carboxylic acids is 1. The van der Waals surface area contributed by atoms with Gasteiger partial charge in [0, 0.05) is 11.8 Å². The Hall–Kier alpha value is -2.07. The van der Waals surface area contributed by atoms with Crippen molar-refractivity contribution in [2.75, 3.05) is 7.11 Å². The number of carboxylic acids is 1. The average Bonchev–Trinajstić information content (AvgIpc) is 2.38. The Balaban J connectivity index is 2.54. The van der Waals surface area contributed by atoms with Gasteiger partial charge in [0.1, 0.15) is 11.3 Å². The van der Waals surface area contributed by atoms with Crippen LogP contribution in [0.3, 0.4) is 0 Å². The SMILES string of the molecule is COc1ccc(CC(C)(N)C(=O)O)c2ccccc12. The fraction of sp³-hybridized carbons (Fsp3) is 0.267. The molecule has 0 saturated heterocycles. The van der Waals surface area contributed by atoms with E-state index in [1.165, 1.54) is 6.92 Å². The van der Waals surface area contributed by atoms with Gasteiger partial charge >= 0.3 is 5.97 Å². The normalized spacial score (nSPS) is 14.1. The maximum absolute atomic E-state index is 11.1. The monoisotopic (exact) mass is 259 g/mol. The molecule has 4 nitrogen and oxygen atoms in total. The summed E-state index contributed by atoms with van der Waals surface area (Å²) >= 11 is 0. The van der Waals surface area contributed by atoms with Crippen molar-refractivity contribution in [2.24, 2.45) is 5.73 Å². The van der Waals surface area contributed by atoms with E-state index in [0.717, 1.165) is 22.1 Å². The first-order valence-electron chi connectivity index (χ1n) is 6.02. The second-order valence-electron chi connectivity index (χ2n) is 4.87. The van der Waals surface area contributed by atoms with Gasteiger partial charge in [-0.2, -0.15) is 0 Å². The summed E-state index contributed by atoms with van der Waals surface area (Å²) in [5.41, 5.74) is 5.45. The molecule has 2 rings (SSSR count). The van der Waals surface area contributed by atoms with Crippen LogP contribution in [-0.2, 0) is 11.2 Å². The molecule has 0 spiro atoms. The lowest BCUT2D eigenvalue weighted by Gasteiger charge is -2.20. The number of carbonyl (C=O) groups is 1. The van der Waals surface area contributed by atoms with Crippen molar-refractivity contribution in [3.8, 4) is 5.75 Å². The van der Waals surface area contributed by atoms with Crippen LogP contribution in [0.5, 0.6) is 5.75 Å². The number of rotatable bonds is 4. The third-order valence-electron chi connectivity index (χ3n) is 3.24. The lowest BCUT2D eigenvalue weighted by atomic mass is 9.91. The zero-order valence-corrected chi connectivity index (χ0v) is 11.0. The molecule has 1 unspecified atom stereocenters. The third-order valence-corrected chi connectivity index (χ3v) is 3.24. The van der Waals surface area contributed by atoms with E-state index in [1.54, 1.807) is 7.11 Å². The molecule has 0 aliphatic rings. The molecule has 19 heavy (non-hydrogen) atoms. The minimum atomic E-state index is -1.28. The standard InChI is InChI=1S/C15H17NO3/c1-15(16,14(17)18)9-10-7-8-13(19-2)12-6-4-3-5-11(10)12/h3-8H,9,16H2,1-2H3,(H,17,18). The van der Waals surface area contributed by atoms with Crippen LogP contribution < -0.4 is 10.5 Å². The fourth-order valence-electron chi connectivity index (χ4n) is 2.14. The smallest absolute Gasteiger partial charge is 0.323 e. The van der Waals surface area contributed by atoms with Gasteiger partial charge in [0.05, 0.1) is 7.11 Å². The molecule has 0 aliphatic heterocycles. The average molecular weight is 259 g/mol. The van der Waals surface area contributed by atoms with Crippen molar-refractivity contribution in [2.45, 2.75) is 18.9 Å². The van der Waals surface area contributed by atoms with Crippen molar-refractivity contribution >= 4 is 16.7 Å². The number of ether oxygens (including phenoxy) is 1. The lowest BCUT2D eigenvalue weighted by Crippen LogP contribution is -2.46. The number of methoxy groups -OCH3 is 1. The highest BCUT2D eigenvalue weighted by Gasteiger charge is 2.28. The van der Waals surface area contributed by atoms with Crippen LogP contribution in [0.2, 0.25) is 0 Å². The number of carboxylic acid groups (broad SMARTS) is 1. The first-order valence-corrected chi connectivity index (χ1v) is 6.02. The first-order chi connectivity index (χ1) is 8.95. The van der Waals surface area contributed by atoms with Crippen molar-refractivity contribution in [1.29, 1.82) is 0 Å². The number of benzene rings is 2. The molecule has 0 radical (unpaired) electrons. The summed E-state index contributed by atoms with van der Waals surface area (Å²) in [7, 11) is 1.62. The van der Waals surface area contributed by atoms with E-state index in [2.05, 4.69) is 0 Å². The molecule has 0 amide bonds. The Bertz CT molecular complexity index is 620. The summed E-state index contributed by atoms with van der Waals surface area (Å²) in [6.45, 7) is 1.52. The van der Waals surface area contributed by atoms with Crippen LogP contribution in [0.25, 0.3) is 10.8 Å². The minimum absolute atomic E-state index is 0.271. The van der Waals surface area contributed by atoms with Crippen molar-refractivity contribution < 1.29 is 14.6 Å². The van der Waals surface area contributed by atoms with Crippen molar-refractivity contribution in [3.63, 3.8) is 0 Å².